The lowest BCUT2D eigenvalue weighted by atomic mass is 10.3. The van der Waals surface area contributed by atoms with E-state index in [4.69, 9.17) is 9.47 Å². The molecule has 1 aromatic heterocycles. The van der Waals surface area contributed by atoms with Crippen LogP contribution in [0.4, 0.5) is 14.6 Å². The monoisotopic (exact) mass is 244 g/mol. The first-order valence-electron chi connectivity index (χ1n) is 5.33. The van der Waals surface area contributed by atoms with Gasteiger partial charge in [-0.3, -0.25) is 0 Å². The molecule has 0 aliphatic carbocycles. The molecular weight excluding hydrogens is 230 g/mol. The zero-order valence-electron chi connectivity index (χ0n) is 9.67. The van der Waals surface area contributed by atoms with Crippen molar-refractivity contribution in [2.24, 2.45) is 0 Å². The van der Waals surface area contributed by atoms with Gasteiger partial charge in [0.25, 0.3) is 0 Å². The first-order chi connectivity index (χ1) is 7.96. The van der Waals surface area contributed by atoms with Gasteiger partial charge in [0.2, 0.25) is 0 Å². The first-order valence-corrected chi connectivity index (χ1v) is 5.33. The number of nitrogens with one attached hydrogen (secondary N) is 1. The Balaban J connectivity index is 1.90. The summed E-state index contributed by atoms with van der Waals surface area (Å²) in [7, 11) is 0. The van der Waals surface area contributed by atoms with E-state index >= 15 is 0 Å². The highest BCUT2D eigenvalue weighted by Crippen LogP contribution is 2.22. The van der Waals surface area contributed by atoms with Crippen LogP contribution in [0.3, 0.4) is 0 Å². The van der Waals surface area contributed by atoms with E-state index in [1.54, 1.807) is 0 Å². The largest absolute Gasteiger partial charge is 0.365 e. The second kappa shape index (κ2) is 4.54. The van der Waals surface area contributed by atoms with Crippen molar-refractivity contribution in [3.05, 3.63) is 23.9 Å². The Morgan fingerprint density at radius 3 is 2.88 bits per heavy atom. The molecule has 1 aliphatic heterocycles. The average molecular weight is 244 g/mol. The van der Waals surface area contributed by atoms with Gasteiger partial charge in [-0.25, -0.2) is 13.8 Å². The van der Waals surface area contributed by atoms with Crippen LogP contribution in [-0.2, 0) is 9.47 Å². The van der Waals surface area contributed by atoms with Gasteiger partial charge in [-0.15, -0.1) is 0 Å². The van der Waals surface area contributed by atoms with Crippen LogP contribution in [0.1, 0.15) is 13.8 Å². The molecule has 1 saturated heterocycles. The predicted molar refractivity (Wildman–Crippen MR) is 57.5 cm³/mol. The number of pyridine rings is 1. The molecule has 1 fully saturated rings. The molecule has 2 heterocycles. The Morgan fingerprint density at radius 1 is 1.53 bits per heavy atom. The Morgan fingerprint density at radius 2 is 2.29 bits per heavy atom. The molecule has 0 aromatic carbocycles. The van der Waals surface area contributed by atoms with Crippen LogP contribution in [-0.4, -0.2) is 30.0 Å². The van der Waals surface area contributed by atoms with E-state index in [2.05, 4.69) is 10.3 Å². The normalized spacial score (nSPS) is 22.7. The molecule has 1 aromatic rings. The average Bonchev–Trinajstić information content (AvgIpc) is 2.57. The summed E-state index contributed by atoms with van der Waals surface area (Å²) in [5.74, 6) is -2.02. The zero-order chi connectivity index (χ0) is 12.5. The molecule has 17 heavy (non-hydrogen) atoms. The summed E-state index contributed by atoms with van der Waals surface area (Å²) in [4.78, 5) is 3.62. The zero-order valence-corrected chi connectivity index (χ0v) is 9.67. The second-order valence-corrected chi connectivity index (χ2v) is 4.32. The molecule has 0 bridgehead atoms. The fourth-order valence-corrected chi connectivity index (χ4v) is 1.62. The van der Waals surface area contributed by atoms with E-state index in [0.717, 1.165) is 12.3 Å². The highest BCUT2D eigenvalue weighted by molar-refractivity contribution is 5.35. The molecule has 2 rings (SSSR count). The number of aromatic nitrogens is 1. The summed E-state index contributed by atoms with van der Waals surface area (Å²) in [5, 5.41) is 2.76. The molecule has 0 amide bonds. The summed E-state index contributed by atoms with van der Waals surface area (Å²) in [5.41, 5.74) is 0. The summed E-state index contributed by atoms with van der Waals surface area (Å²) in [6.45, 7) is 4.41. The molecule has 1 unspecified atom stereocenters. The standard InChI is InChI=1S/C11H14F2N2O2/c1-11(2)16-6-8(17-11)5-15-10-9(13)3-7(12)4-14-10/h3-4,8H,5-6H2,1-2H3,(H,14,15). The number of hydrogen-bond donors (Lipinski definition) is 1. The number of anilines is 1. The van der Waals surface area contributed by atoms with E-state index in [9.17, 15) is 8.78 Å². The van der Waals surface area contributed by atoms with Crippen LogP contribution in [0.5, 0.6) is 0 Å². The van der Waals surface area contributed by atoms with Crippen LogP contribution in [0, 0.1) is 11.6 Å². The van der Waals surface area contributed by atoms with Crippen LogP contribution in [0.25, 0.3) is 0 Å². The van der Waals surface area contributed by atoms with Gasteiger partial charge >= 0.3 is 0 Å². The number of ether oxygens (including phenoxy) is 2. The number of halogens is 2. The third-order valence-corrected chi connectivity index (χ3v) is 2.37. The molecular formula is C11H14F2N2O2. The molecule has 1 atom stereocenters. The molecule has 1 aliphatic rings. The van der Waals surface area contributed by atoms with E-state index in [1.165, 1.54) is 0 Å². The van der Waals surface area contributed by atoms with Crippen LogP contribution < -0.4 is 5.32 Å². The van der Waals surface area contributed by atoms with Crippen molar-refractivity contribution in [3.63, 3.8) is 0 Å². The minimum atomic E-state index is -0.719. The van der Waals surface area contributed by atoms with Crippen molar-refractivity contribution < 1.29 is 18.3 Å². The number of hydrogen-bond acceptors (Lipinski definition) is 4. The first kappa shape index (κ1) is 12.2. The van der Waals surface area contributed by atoms with Crippen molar-refractivity contribution >= 4 is 5.82 Å². The molecule has 4 nitrogen and oxygen atoms in total. The molecule has 1 N–H and O–H groups in total. The van der Waals surface area contributed by atoms with Gasteiger partial charge in [0.1, 0.15) is 11.9 Å². The predicted octanol–water partition coefficient (Wildman–Crippen LogP) is 1.92. The minimum absolute atomic E-state index is 0.0136. The fraction of sp³-hybridized carbons (Fsp3) is 0.545. The second-order valence-electron chi connectivity index (χ2n) is 4.32. The lowest BCUT2D eigenvalue weighted by Crippen LogP contribution is -2.26. The van der Waals surface area contributed by atoms with E-state index in [1.807, 2.05) is 13.8 Å². The van der Waals surface area contributed by atoms with E-state index in [0.29, 0.717) is 13.2 Å². The highest BCUT2D eigenvalue weighted by Gasteiger charge is 2.32. The molecule has 0 spiro atoms. The molecule has 0 saturated carbocycles. The van der Waals surface area contributed by atoms with Crippen LogP contribution >= 0.6 is 0 Å². The summed E-state index contributed by atoms with van der Waals surface area (Å²) >= 11 is 0. The van der Waals surface area contributed by atoms with Gasteiger partial charge < -0.3 is 14.8 Å². The third kappa shape index (κ3) is 3.10. The summed E-state index contributed by atoms with van der Waals surface area (Å²) < 4.78 is 36.7. The molecule has 94 valence electrons. The summed E-state index contributed by atoms with van der Waals surface area (Å²) in [6, 6.07) is 0.783. The maximum Gasteiger partial charge on any atom is 0.168 e. The quantitative estimate of drug-likeness (QED) is 0.882. The SMILES string of the molecule is CC1(C)OCC(CNc2ncc(F)cc2F)O1. The summed E-state index contributed by atoms with van der Waals surface area (Å²) in [6.07, 6.45) is 0.790. The Kier molecular flexibility index (Phi) is 3.26. The Labute approximate surface area is 97.9 Å². The van der Waals surface area contributed by atoms with Gasteiger partial charge in [-0.2, -0.15) is 0 Å². The topological polar surface area (TPSA) is 43.4 Å². The molecule has 6 heteroatoms. The van der Waals surface area contributed by atoms with Gasteiger partial charge in [-0.05, 0) is 13.8 Å². The number of nitrogens with zero attached hydrogens (tertiary/aromatic N) is 1. The maximum absolute atomic E-state index is 13.2. The lowest BCUT2D eigenvalue weighted by molar-refractivity contribution is -0.136. The van der Waals surface area contributed by atoms with Crippen molar-refractivity contribution in [3.8, 4) is 0 Å². The highest BCUT2D eigenvalue weighted by atomic mass is 19.1. The van der Waals surface area contributed by atoms with Gasteiger partial charge in [0.15, 0.2) is 17.4 Å². The minimum Gasteiger partial charge on any atom is -0.365 e. The van der Waals surface area contributed by atoms with Crippen molar-refractivity contribution in [1.82, 2.24) is 4.98 Å². The van der Waals surface area contributed by atoms with Crippen molar-refractivity contribution in [1.29, 1.82) is 0 Å². The van der Waals surface area contributed by atoms with Gasteiger partial charge in [0.05, 0.1) is 12.8 Å². The van der Waals surface area contributed by atoms with Gasteiger partial charge in [-0.1, -0.05) is 0 Å². The smallest absolute Gasteiger partial charge is 0.168 e. The van der Waals surface area contributed by atoms with E-state index < -0.39 is 17.4 Å². The van der Waals surface area contributed by atoms with Crippen molar-refractivity contribution in [2.45, 2.75) is 25.7 Å². The van der Waals surface area contributed by atoms with Crippen LogP contribution in [0.2, 0.25) is 0 Å². The lowest BCUT2D eigenvalue weighted by Gasteiger charge is -2.17. The molecule has 0 radical (unpaired) electrons. The Bertz CT molecular complexity index is 412. The fourth-order valence-electron chi connectivity index (χ4n) is 1.62. The van der Waals surface area contributed by atoms with E-state index in [-0.39, 0.29) is 11.9 Å². The van der Waals surface area contributed by atoms with Crippen LogP contribution in [0.15, 0.2) is 12.3 Å². The third-order valence-electron chi connectivity index (χ3n) is 2.37. The number of rotatable bonds is 3. The Hall–Kier alpha value is -1.27. The van der Waals surface area contributed by atoms with Crippen molar-refractivity contribution in [2.75, 3.05) is 18.5 Å². The maximum atomic E-state index is 13.2. The van der Waals surface area contributed by atoms with Gasteiger partial charge in [0, 0.05) is 12.6 Å².